The lowest BCUT2D eigenvalue weighted by Gasteiger charge is -2.09. The Kier molecular flexibility index (Phi) is 2.18. The number of hydrogen-bond donors (Lipinski definition) is 2. The van der Waals surface area contributed by atoms with E-state index in [9.17, 15) is 18.3 Å². The Morgan fingerprint density at radius 1 is 1.06 bits per heavy atom. The van der Waals surface area contributed by atoms with Crippen molar-refractivity contribution in [2.75, 3.05) is 5.73 Å². The van der Waals surface area contributed by atoms with E-state index in [0.717, 1.165) is 12.1 Å². The molecule has 0 saturated heterocycles. The van der Waals surface area contributed by atoms with Gasteiger partial charge in [-0.05, 0) is 23.6 Å². The van der Waals surface area contributed by atoms with Crippen molar-refractivity contribution < 1.29 is 18.3 Å². The quantitative estimate of drug-likeness (QED) is 0.679. The number of nitrogen functional groups attached to an aromatic ring is 1. The number of hydrogen-bond acceptors (Lipinski definition) is 2. The van der Waals surface area contributed by atoms with E-state index in [2.05, 4.69) is 0 Å². The second-order valence-electron chi connectivity index (χ2n) is 3.47. The summed E-state index contributed by atoms with van der Waals surface area (Å²) in [6.45, 7) is 0. The number of halogens is 3. The highest BCUT2D eigenvalue weighted by atomic mass is 19.4. The van der Waals surface area contributed by atoms with Crippen molar-refractivity contribution in [1.29, 1.82) is 0 Å². The van der Waals surface area contributed by atoms with Gasteiger partial charge < -0.3 is 10.8 Å². The molecule has 2 aromatic rings. The van der Waals surface area contributed by atoms with E-state index in [-0.39, 0.29) is 11.1 Å². The number of alkyl halides is 3. The summed E-state index contributed by atoms with van der Waals surface area (Å²) in [7, 11) is 0. The maximum absolute atomic E-state index is 12.4. The fraction of sp³-hybridized carbons (Fsp3) is 0.0909. The van der Waals surface area contributed by atoms with Crippen LogP contribution < -0.4 is 5.73 Å². The zero-order valence-electron chi connectivity index (χ0n) is 8.05. The maximum atomic E-state index is 12.4. The van der Waals surface area contributed by atoms with E-state index in [1.54, 1.807) is 0 Å². The summed E-state index contributed by atoms with van der Waals surface area (Å²) in [5.74, 6) is -0.249. The van der Waals surface area contributed by atoms with Crippen LogP contribution in [0.4, 0.5) is 18.9 Å². The van der Waals surface area contributed by atoms with Gasteiger partial charge in [-0.2, -0.15) is 13.2 Å². The molecule has 16 heavy (non-hydrogen) atoms. The van der Waals surface area contributed by atoms with Gasteiger partial charge >= 0.3 is 6.18 Å². The second kappa shape index (κ2) is 3.30. The van der Waals surface area contributed by atoms with Crippen LogP contribution in [0.5, 0.6) is 5.75 Å². The van der Waals surface area contributed by atoms with Crippen molar-refractivity contribution in [3.05, 3.63) is 35.9 Å². The number of rotatable bonds is 0. The average molecular weight is 227 g/mol. The molecule has 0 heterocycles. The fourth-order valence-corrected chi connectivity index (χ4v) is 1.54. The molecular weight excluding hydrogens is 219 g/mol. The predicted molar refractivity (Wildman–Crippen MR) is 55.0 cm³/mol. The van der Waals surface area contributed by atoms with Gasteiger partial charge in [-0.15, -0.1) is 0 Å². The van der Waals surface area contributed by atoms with Crippen molar-refractivity contribution in [3.63, 3.8) is 0 Å². The predicted octanol–water partition coefficient (Wildman–Crippen LogP) is 3.15. The minimum Gasteiger partial charge on any atom is -0.507 e. The molecule has 0 aliphatic rings. The van der Waals surface area contributed by atoms with Gasteiger partial charge in [-0.1, -0.05) is 6.07 Å². The molecule has 0 radical (unpaired) electrons. The van der Waals surface area contributed by atoms with E-state index in [1.807, 2.05) is 0 Å². The molecule has 2 nitrogen and oxygen atoms in total. The third kappa shape index (κ3) is 1.76. The first-order valence-corrected chi connectivity index (χ1v) is 4.47. The van der Waals surface area contributed by atoms with Gasteiger partial charge in [-0.25, -0.2) is 0 Å². The molecule has 0 saturated carbocycles. The SMILES string of the molecule is Nc1cc(O)c2cc(C(F)(F)F)ccc2c1. The molecule has 0 bridgehead atoms. The second-order valence-corrected chi connectivity index (χ2v) is 3.47. The molecule has 0 aliphatic carbocycles. The molecule has 0 amide bonds. The Bertz CT molecular complexity index is 549. The van der Waals surface area contributed by atoms with Crippen molar-refractivity contribution in [3.8, 4) is 5.75 Å². The molecule has 2 aromatic carbocycles. The van der Waals surface area contributed by atoms with Crippen molar-refractivity contribution >= 4 is 16.5 Å². The van der Waals surface area contributed by atoms with Crippen molar-refractivity contribution in [1.82, 2.24) is 0 Å². The molecule has 0 aromatic heterocycles. The van der Waals surface area contributed by atoms with Gasteiger partial charge in [0, 0.05) is 17.1 Å². The Hall–Kier alpha value is -1.91. The van der Waals surface area contributed by atoms with E-state index in [0.29, 0.717) is 11.1 Å². The lowest BCUT2D eigenvalue weighted by molar-refractivity contribution is -0.137. The average Bonchev–Trinajstić information content (AvgIpc) is 2.15. The highest BCUT2D eigenvalue weighted by Crippen LogP contribution is 2.35. The van der Waals surface area contributed by atoms with Crippen molar-refractivity contribution in [2.24, 2.45) is 0 Å². The molecule has 0 unspecified atom stereocenters. The number of nitrogens with two attached hydrogens (primary N) is 1. The van der Waals surface area contributed by atoms with E-state index in [1.165, 1.54) is 18.2 Å². The first kappa shape index (κ1) is 10.6. The minimum atomic E-state index is -4.41. The molecule has 5 heteroatoms. The summed E-state index contributed by atoms with van der Waals surface area (Å²) in [6.07, 6.45) is -4.41. The monoisotopic (exact) mass is 227 g/mol. The third-order valence-electron chi connectivity index (χ3n) is 2.28. The molecule has 0 atom stereocenters. The summed E-state index contributed by atoms with van der Waals surface area (Å²) in [6, 6.07) is 5.89. The Labute approximate surface area is 89.1 Å². The molecule has 0 fully saturated rings. The van der Waals surface area contributed by atoms with Gasteiger partial charge in [0.1, 0.15) is 5.75 Å². The number of fused-ring (bicyclic) bond motifs is 1. The number of phenols is 1. The number of anilines is 1. The highest BCUT2D eigenvalue weighted by molar-refractivity contribution is 5.91. The molecule has 2 rings (SSSR count). The first-order valence-electron chi connectivity index (χ1n) is 4.47. The molecule has 0 aliphatic heterocycles. The molecule has 3 N–H and O–H groups in total. The smallest absolute Gasteiger partial charge is 0.416 e. The summed E-state index contributed by atoms with van der Waals surface area (Å²) >= 11 is 0. The van der Waals surface area contributed by atoms with Gasteiger partial charge in [0.15, 0.2) is 0 Å². The largest absolute Gasteiger partial charge is 0.507 e. The Balaban J connectivity index is 2.72. The summed E-state index contributed by atoms with van der Waals surface area (Å²) < 4.78 is 37.3. The minimum absolute atomic E-state index is 0.143. The van der Waals surface area contributed by atoms with Crippen LogP contribution in [-0.4, -0.2) is 5.11 Å². The lowest BCUT2D eigenvalue weighted by atomic mass is 10.1. The topological polar surface area (TPSA) is 46.2 Å². The van der Waals surface area contributed by atoms with Crippen LogP contribution in [-0.2, 0) is 6.18 Å². The van der Waals surface area contributed by atoms with E-state index >= 15 is 0 Å². The fourth-order valence-electron chi connectivity index (χ4n) is 1.54. The van der Waals surface area contributed by atoms with E-state index in [4.69, 9.17) is 5.73 Å². The van der Waals surface area contributed by atoms with Crippen LogP contribution in [0.1, 0.15) is 5.56 Å². The van der Waals surface area contributed by atoms with Gasteiger partial charge in [0.05, 0.1) is 5.56 Å². The maximum Gasteiger partial charge on any atom is 0.416 e. The summed E-state index contributed by atoms with van der Waals surface area (Å²) in [5, 5.41) is 10.1. The van der Waals surface area contributed by atoms with Crippen molar-refractivity contribution in [2.45, 2.75) is 6.18 Å². The Morgan fingerprint density at radius 2 is 1.75 bits per heavy atom. The number of aromatic hydroxyl groups is 1. The van der Waals surface area contributed by atoms with Crippen LogP contribution in [0, 0.1) is 0 Å². The zero-order chi connectivity index (χ0) is 11.9. The standard InChI is InChI=1S/C11H8F3NO/c12-11(13,14)7-2-1-6-3-8(15)5-10(16)9(6)4-7/h1-5,16H,15H2. The summed E-state index contributed by atoms with van der Waals surface area (Å²) in [5.41, 5.74) is 4.98. The van der Waals surface area contributed by atoms with Gasteiger partial charge in [0.25, 0.3) is 0 Å². The number of phenolic OH excluding ortho intramolecular Hbond substituents is 1. The normalized spacial score (nSPS) is 11.9. The van der Waals surface area contributed by atoms with E-state index < -0.39 is 11.7 Å². The van der Waals surface area contributed by atoms with Gasteiger partial charge in [-0.3, -0.25) is 0 Å². The Morgan fingerprint density at radius 3 is 2.38 bits per heavy atom. The van der Waals surface area contributed by atoms with Crippen LogP contribution in [0.3, 0.4) is 0 Å². The highest BCUT2D eigenvalue weighted by Gasteiger charge is 2.30. The molecule has 84 valence electrons. The molecular formula is C11H8F3NO. The number of benzene rings is 2. The van der Waals surface area contributed by atoms with Crippen LogP contribution in [0.2, 0.25) is 0 Å². The summed E-state index contributed by atoms with van der Waals surface area (Å²) in [4.78, 5) is 0. The van der Waals surface area contributed by atoms with Gasteiger partial charge in [0.2, 0.25) is 0 Å². The first-order chi connectivity index (χ1) is 7.38. The van der Waals surface area contributed by atoms with Crippen LogP contribution >= 0.6 is 0 Å². The lowest BCUT2D eigenvalue weighted by Crippen LogP contribution is -2.04. The molecule has 0 spiro atoms. The van der Waals surface area contributed by atoms with Crippen LogP contribution in [0.15, 0.2) is 30.3 Å². The van der Waals surface area contributed by atoms with Crippen LogP contribution in [0.25, 0.3) is 10.8 Å². The third-order valence-corrected chi connectivity index (χ3v) is 2.28. The zero-order valence-corrected chi connectivity index (χ0v) is 8.05.